The highest BCUT2D eigenvalue weighted by atomic mass is 32.2. The summed E-state index contributed by atoms with van der Waals surface area (Å²) in [7, 11) is -3.57. The minimum Gasteiger partial charge on any atom is -0.337 e. The number of sulfonamides is 1. The van der Waals surface area contributed by atoms with Gasteiger partial charge in [-0.1, -0.05) is 6.07 Å². The lowest BCUT2D eigenvalue weighted by atomic mass is 10.1. The van der Waals surface area contributed by atoms with Gasteiger partial charge in [0, 0.05) is 38.6 Å². The maximum Gasteiger partial charge on any atom is 0.240 e. The molecular weight excluding hydrogens is 314 g/mol. The Morgan fingerprint density at radius 3 is 2.74 bits per heavy atom. The van der Waals surface area contributed by atoms with E-state index in [-0.39, 0.29) is 29.8 Å². The van der Waals surface area contributed by atoms with Crippen molar-refractivity contribution in [1.82, 2.24) is 14.9 Å². The van der Waals surface area contributed by atoms with E-state index in [9.17, 15) is 13.2 Å². The van der Waals surface area contributed by atoms with E-state index in [1.807, 2.05) is 20.8 Å². The van der Waals surface area contributed by atoms with Crippen LogP contribution in [0.1, 0.15) is 24.5 Å². The van der Waals surface area contributed by atoms with Crippen molar-refractivity contribution in [2.24, 2.45) is 0 Å². The van der Waals surface area contributed by atoms with Gasteiger partial charge in [-0.25, -0.2) is 13.1 Å². The minimum atomic E-state index is -3.57. The average molecular weight is 339 g/mol. The Kier molecular flexibility index (Phi) is 5.78. The summed E-state index contributed by atoms with van der Waals surface area (Å²) in [5.74, 6) is -0.0122. The highest BCUT2D eigenvalue weighted by molar-refractivity contribution is 7.89. The number of amides is 1. The maximum absolute atomic E-state index is 12.3. The van der Waals surface area contributed by atoms with E-state index in [2.05, 4.69) is 10.0 Å². The molecule has 23 heavy (non-hydrogen) atoms. The van der Waals surface area contributed by atoms with Gasteiger partial charge in [-0.05, 0) is 44.0 Å². The number of nitrogens with zero attached hydrogens (tertiary/aromatic N) is 1. The first kappa shape index (κ1) is 17.9. The number of carbonyl (C=O) groups excluding carboxylic acids is 1. The number of carbonyl (C=O) groups is 1. The van der Waals surface area contributed by atoms with Gasteiger partial charge in [-0.3, -0.25) is 4.79 Å². The van der Waals surface area contributed by atoms with Gasteiger partial charge in [0.15, 0.2) is 0 Å². The van der Waals surface area contributed by atoms with Crippen molar-refractivity contribution in [1.29, 1.82) is 0 Å². The molecule has 0 saturated carbocycles. The molecule has 1 aliphatic heterocycles. The Hall–Kier alpha value is -1.44. The second-order valence-corrected chi connectivity index (χ2v) is 7.80. The Bertz CT molecular complexity index is 673. The molecule has 1 fully saturated rings. The first-order valence-corrected chi connectivity index (χ1v) is 9.36. The molecule has 1 saturated heterocycles. The second-order valence-electron chi connectivity index (χ2n) is 6.03. The van der Waals surface area contributed by atoms with Crippen molar-refractivity contribution in [3.05, 3.63) is 29.3 Å². The molecule has 0 radical (unpaired) electrons. The van der Waals surface area contributed by atoms with Gasteiger partial charge in [0.25, 0.3) is 0 Å². The summed E-state index contributed by atoms with van der Waals surface area (Å²) in [6.07, 6.45) is 0.175. The molecule has 0 aromatic heterocycles. The molecule has 0 aliphatic carbocycles. The molecule has 128 valence electrons. The molecule has 6 nitrogen and oxygen atoms in total. The Balaban J connectivity index is 1.91. The van der Waals surface area contributed by atoms with Crippen LogP contribution in [0.4, 0.5) is 0 Å². The average Bonchev–Trinajstić information content (AvgIpc) is 2.50. The highest BCUT2D eigenvalue weighted by Crippen LogP contribution is 2.14. The molecule has 1 aromatic carbocycles. The molecule has 2 rings (SSSR count). The SMILES string of the molecule is Cc1ccc(S(=O)(=O)NCCC(=O)N2CCNC[C@H]2C)cc1C. The van der Waals surface area contributed by atoms with Crippen LogP contribution in [-0.2, 0) is 14.8 Å². The Morgan fingerprint density at radius 1 is 1.35 bits per heavy atom. The van der Waals surface area contributed by atoms with E-state index in [4.69, 9.17) is 0 Å². The lowest BCUT2D eigenvalue weighted by molar-refractivity contribution is -0.133. The fourth-order valence-electron chi connectivity index (χ4n) is 2.61. The summed E-state index contributed by atoms with van der Waals surface area (Å²) in [6, 6.07) is 5.17. The standard InChI is InChI=1S/C16H25N3O3S/c1-12-4-5-15(10-13(12)2)23(21,22)18-7-6-16(20)19-9-8-17-11-14(19)3/h4-5,10,14,17-18H,6-9,11H2,1-3H3/t14-/m1/s1. The molecule has 1 atom stereocenters. The molecule has 1 aliphatic rings. The first-order valence-electron chi connectivity index (χ1n) is 7.88. The van der Waals surface area contributed by atoms with Gasteiger partial charge in [-0.15, -0.1) is 0 Å². The summed E-state index contributed by atoms with van der Waals surface area (Å²) in [6.45, 7) is 8.15. The van der Waals surface area contributed by atoms with E-state index in [0.29, 0.717) is 6.54 Å². The molecule has 0 spiro atoms. The van der Waals surface area contributed by atoms with E-state index >= 15 is 0 Å². The number of benzene rings is 1. The number of rotatable bonds is 5. The summed E-state index contributed by atoms with van der Waals surface area (Å²) < 4.78 is 27.1. The molecule has 0 bridgehead atoms. The van der Waals surface area contributed by atoms with Gasteiger partial charge in [0.05, 0.1) is 4.90 Å². The van der Waals surface area contributed by atoms with Crippen molar-refractivity contribution in [3.8, 4) is 0 Å². The van der Waals surface area contributed by atoms with Crippen LogP contribution >= 0.6 is 0 Å². The molecule has 1 aromatic rings. The van der Waals surface area contributed by atoms with Gasteiger partial charge >= 0.3 is 0 Å². The normalized spacial score (nSPS) is 18.9. The summed E-state index contributed by atoms with van der Waals surface area (Å²) in [4.78, 5) is 14.2. The van der Waals surface area contributed by atoms with Crippen molar-refractivity contribution >= 4 is 15.9 Å². The van der Waals surface area contributed by atoms with Gasteiger partial charge in [0.2, 0.25) is 15.9 Å². The van der Waals surface area contributed by atoms with Gasteiger partial charge < -0.3 is 10.2 Å². The lowest BCUT2D eigenvalue weighted by Gasteiger charge is -2.34. The van der Waals surface area contributed by atoms with Crippen LogP contribution in [0, 0.1) is 13.8 Å². The zero-order valence-corrected chi connectivity index (χ0v) is 14.7. The second kappa shape index (κ2) is 7.42. The summed E-state index contributed by atoms with van der Waals surface area (Å²) >= 11 is 0. The molecule has 0 unspecified atom stereocenters. The first-order chi connectivity index (χ1) is 10.8. The van der Waals surface area contributed by atoms with Crippen LogP contribution in [-0.4, -0.2) is 51.4 Å². The third-order valence-corrected chi connectivity index (χ3v) is 5.70. The molecule has 7 heteroatoms. The topological polar surface area (TPSA) is 78.5 Å². The van der Waals surface area contributed by atoms with Crippen LogP contribution in [0.15, 0.2) is 23.1 Å². The van der Waals surface area contributed by atoms with Crippen LogP contribution in [0.2, 0.25) is 0 Å². The monoisotopic (exact) mass is 339 g/mol. The van der Waals surface area contributed by atoms with Crippen LogP contribution in [0.25, 0.3) is 0 Å². The zero-order valence-electron chi connectivity index (χ0n) is 13.9. The van der Waals surface area contributed by atoms with Crippen LogP contribution < -0.4 is 10.0 Å². The zero-order chi connectivity index (χ0) is 17.0. The third kappa shape index (κ3) is 4.53. The number of aryl methyl sites for hydroxylation is 2. The van der Waals surface area contributed by atoms with Gasteiger partial charge in [0.1, 0.15) is 0 Å². The number of hydrogen-bond acceptors (Lipinski definition) is 4. The maximum atomic E-state index is 12.3. The number of hydrogen-bond donors (Lipinski definition) is 2. The molecule has 2 N–H and O–H groups in total. The third-order valence-electron chi connectivity index (χ3n) is 4.24. The Morgan fingerprint density at radius 2 is 2.09 bits per heavy atom. The van der Waals surface area contributed by atoms with E-state index in [1.165, 1.54) is 0 Å². The van der Waals surface area contributed by atoms with E-state index in [0.717, 1.165) is 24.2 Å². The summed E-state index contributed by atoms with van der Waals surface area (Å²) in [5.41, 5.74) is 1.98. The molecule has 1 heterocycles. The molecular formula is C16H25N3O3S. The van der Waals surface area contributed by atoms with Crippen molar-refractivity contribution in [2.75, 3.05) is 26.2 Å². The number of nitrogens with one attached hydrogen (secondary N) is 2. The number of piperazine rings is 1. The minimum absolute atomic E-state index is 0.0122. The predicted molar refractivity (Wildman–Crippen MR) is 89.8 cm³/mol. The van der Waals surface area contributed by atoms with E-state index in [1.54, 1.807) is 23.1 Å². The van der Waals surface area contributed by atoms with Crippen molar-refractivity contribution < 1.29 is 13.2 Å². The van der Waals surface area contributed by atoms with Gasteiger partial charge in [-0.2, -0.15) is 0 Å². The van der Waals surface area contributed by atoms with E-state index < -0.39 is 10.0 Å². The quantitative estimate of drug-likeness (QED) is 0.831. The summed E-state index contributed by atoms with van der Waals surface area (Å²) in [5, 5.41) is 3.23. The van der Waals surface area contributed by atoms with Crippen molar-refractivity contribution in [2.45, 2.75) is 38.1 Å². The van der Waals surface area contributed by atoms with Crippen LogP contribution in [0.3, 0.4) is 0 Å². The molecule has 1 amide bonds. The Labute approximate surface area is 138 Å². The van der Waals surface area contributed by atoms with Crippen LogP contribution in [0.5, 0.6) is 0 Å². The smallest absolute Gasteiger partial charge is 0.240 e. The fourth-order valence-corrected chi connectivity index (χ4v) is 3.73. The lowest BCUT2D eigenvalue weighted by Crippen LogP contribution is -2.52. The fraction of sp³-hybridized carbons (Fsp3) is 0.562. The largest absolute Gasteiger partial charge is 0.337 e. The highest BCUT2D eigenvalue weighted by Gasteiger charge is 2.23. The van der Waals surface area contributed by atoms with Crippen molar-refractivity contribution in [3.63, 3.8) is 0 Å². The predicted octanol–water partition coefficient (Wildman–Crippen LogP) is 0.792.